The minimum Gasteiger partial charge on any atom is -0.258 e. The molecule has 0 aliphatic carbocycles. The zero-order valence-electron chi connectivity index (χ0n) is 10.4. The summed E-state index contributed by atoms with van der Waals surface area (Å²) in [6.07, 6.45) is 0.517. The van der Waals surface area contributed by atoms with Gasteiger partial charge in [-0.1, -0.05) is 25.1 Å². The van der Waals surface area contributed by atoms with Crippen LogP contribution in [0.4, 0.5) is 5.69 Å². The summed E-state index contributed by atoms with van der Waals surface area (Å²) in [6.45, 7) is 1.79. The molecule has 0 aromatic heterocycles. The number of nitro benzene ring substituents is 1. The first-order valence-corrected chi connectivity index (χ1v) is 7.15. The number of sulfonamides is 1. The van der Waals surface area contributed by atoms with Gasteiger partial charge in [0.25, 0.3) is 5.69 Å². The molecule has 0 fully saturated rings. The number of hydrogen-bond acceptors (Lipinski definition) is 4. The molecule has 100 valence electrons. The smallest absolute Gasteiger partial charge is 0.258 e. The molecule has 1 aromatic carbocycles. The van der Waals surface area contributed by atoms with Crippen molar-refractivity contribution in [1.82, 2.24) is 4.31 Å². The number of rotatable bonds is 6. The van der Waals surface area contributed by atoms with Crippen LogP contribution in [0.5, 0.6) is 0 Å². The van der Waals surface area contributed by atoms with Gasteiger partial charge in [-0.05, 0) is 6.42 Å². The van der Waals surface area contributed by atoms with Crippen LogP contribution in [0.3, 0.4) is 0 Å². The Kier molecular flexibility index (Phi) is 4.80. The van der Waals surface area contributed by atoms with E-state index in [1.165, 1.54) is 13.1 Å². The molecule has 0 saturated carbocycles. The molecule has 0 aliphatic rings. The minimum atomic E-state index is -3.34. The summed E-state index contributed by atoms with van der Waals surface area (Å²) in [5, 5.41) is 10.8. The summed E-state index contributed by atoms with van der Waals surface area (Å²) in [6, 6.07) is 6.15. The van der Waals surface area contributed by atoms with E-state index in [1.54, 1.807) is 25.1 Å². The van der Waals surface area contributed by atoms with Crippen molar-refractivity contribution >= 4 is 15.7 Å². The van der Waals surface area contributed by atoms with Crippen molar-refractivity contribution in [3.8, 4) is 0 Å². The Labute approximate surface area is 106 Å². The van der Waals surface area contributed by atoms with Crippen molar-refractivity contribution < 1.29 is 13.3 Å². The Morgan fingerprint density at radius 2 is 1.94 bits per heavy atom. The maximum absolute atomic E-state index is 11.8. The Morgan fingerprint density at radius 3 is 2.50 bits per heavy atom. The van der Waals surface area contributed by atoms with E-state index in [1.807, 2.05) is 0 Å². The van der Waals surface area contributed by atoms with Crippen LogP contribution < -0.4 is 0 Å². The first kappa shape index (κ1) is 14.6. The summed E-state index contributed by atoms with van der Waals surface area (Å²) >= 11 is 0. The van der Waals surface area contributed by atoms with Gasteiger partial charge in [-0.3, -0.25) is 10.1 Å². The second-order valence-electron chi connectivity index (χ2n) is 3.96. The third kappa shape index (κ3) is 3.51. The van der Waals surface area contributed by atoms with Gasteiger partial charge in [-0.25, -0.2) is 12.7 Å². The third-order valence-corrected chi connectivity index (χ3v) is 4.52. The maximum Gasteiger partial charge on any atom is 0.273 e. The molecule has 18 heavy (non-hydrogen) atoms. The molecule has 0 unspecified atom stereocenters. The molecule has 0 saturated heterocycles. The summed E-state index contributed by atoms with van der Waals surface area (Å²) in [5.74, 6) is 0.0458. The second kappa shape index (κ2) is 5.92. The molecule has 0 amide bonds. The molecule has 0 spiro atoms. The largest absolute Gasteiger partial charge is 0.273 e. The lowest BCUT2D eigenvalue weighted by molar-refractivity contribution is -0.385. The van der Waals surface area contributed by atoms with E-state index in [9.17, 15) is 18.5 Å². The number of benzene rings is 1. The van der Waals surface area contributed by atoms with Gasteiger partial charge in [0.15, 0.2) is 0 Å². The number of para-hydroxylation sites is 1. The van der Waals surface area contributed by atoms with Gasteiger partial charge in [0.2, 0.25) is 10.0 Å². The Hall–Kier alpha value is -1.47. The lowest BCUT2D eigenvalue weighted by atomic mass is 10.2. The molecule has 1 aromatic rings. The highest BCUT2D eigenvalue weighted by Crippen LogP contribution is 2.20. The fraction of sp³-hybridized carbons (Fsp3) is 0.455. The van der Waals surface area contributed by atoms with Crippen LogP contribution in [-0.2, 0) is 16.6 Å². The summed E-state index contributed by atoms with van der Waals surface area (Å²) in [5.41, 5.74) is 0.334. The summed E-state index contributed by atoms with van der Waals surface area (Å²) < 4.78 is 24.7. The van der Waals surface area contributed by atoms with Gasteiger partial charge < -0.3 is 0 Å². The zero-order valence-corrected chi connectivity index (χ0v) is 11.2. The van der Waals surface area contributed by atoms with E-state index >= 15 is 0 Å². The molecule has 0 bridgehead atoms. The van der Waals surface area contributed by atoms with Crippen LogP contribution in [0, 0.1) is 10.1 Å². The summed E-state index contributed by atoms with van der Waals surface area (Å²) in [7, 11) is -1.91. The van der Waals surface area contributed by atoms with Gasteiger partial charge in [0.05, 0.1) is 10.7 Å². The third-order valence-electron chi connectivity index (χ3n) is 2.52. The van der Waals surface area contributed by atoms with Crippen LogP contribution in [0.1, 0.15) is 18.9 Å². The van der Waals surface area contributed by atoms with Crippen molar-refractivity contribution in [3.05, 3.63) is 39.9 Å². The van der Waals surface area contributed by atoms with Gasteiger partial charge in [0.1, 0.15) is 0 Å². The number of nitro groups is 1. The SMILES string of the molecule is CCCS(=O)(=O)N(C)Cc1ccccc1[N+](=O)[O-]. The molecule has 0 heterocycles. The van der Waals surface area contributed by atoms with Gasteiger partial charge in [0, 0.05) is 25.2 Å². The van der Waals surface area contributed by atoms with E-state index in [-0.39, 0.29) is 18.0 Å². The summed E-state index contributed by atoms with van der Waals surface area (Å²) in [4.78, 5) is 10.3. The van der Waals surface area contributed by atoms with Gasteiger partial charge in [-0.2, -0.15) is 0 Å². The quantitative estimate of drug-likeness (QED) is 0.584. The number of nitrogens with zero attached hydrogens (tertiary/aromatic N) is 2. The van der Waals surface area contributed by atoms with Crippen molar-refractivity contribution in [1.29, 1.82) is 0 Å². The standard InChI is InChI=1S/C11H16N2O4S/c1-3-8-18(16,17)12(2)9-10-6-4-5-7-11(10)13(14)15/h4-7H,3,8-9H2,1-2H3. The van der Waals surface area contributed by atoms with Gasteiger partial charge in [-0.15, -0.1) is 0 Å². The van der Waals surface area contributed by atoms with Crippen LogP contribution >= 0.6 is 0 Å². The Morgan fingerprint density at radius 1 is 1.33 bits per heavy atom. The normalized spacial score (nSPS) is 11.7. The highest BCUT2D eigenvalue weighted by atomic mass is 32.2. The molecular formula is C11H16N2O4S. The molecule has 0 N–H and O–H groups in total. The molecular weight excluding hydrogens is 256 g/mol. The maximum atomic E-state index is 11.8. The lowest BCUT2D eigenvalue weighted by Crippen LogP contribution is -2.28. The van der Waals surface area contributed by atoms with Gasteiger partial charge >= 0.3 is 0 Å². The average molecular weight is 272 g/mol. The van der Waals surface area contributed by atoms with Crippen molar-refractivity contribution in [2.45, 2.75) is 19.9 Å². The average Bonchev–Trinajstić information content (AvgIpc) is 2.29. The number of hydrogen-bond donors (Lipinski definition) is 0. The Balaban J connectivity index is 2.95. The first-order chi connectivity index (χ1) is 8.38. The highest BCUT2D eigenvalue weighted by Gasteiger charge is 2.20. The monoisotopic (exact) mass is 272 g/mol. The van der Waals surface area contributed by atoms with E-state index in [4.69, 9.17) is 0 Å². The first-order valence-electron chi connectivity index (χ1n) is 5.54. The van der Waals surface area contributed by atoms with Crippen molar-refractivity contribution in [3.63, 3.8) is 0 Å². The highest BCUT2D eigenvalue weighted by molar-refractivity contribution is 7.89. The molecule has 0 radical (unpaired) electrons. The van der Waals surface area contributed by atoms with Crippen molar-refractivity contribution in [2.24, 2.45) is 0 Å². The lowest BCUT2D eigenvalue weighted by Gasteiger charge is -2.16. The molecule has 1 rings (SSSR count). The molecule has 0 aliphatic heterocycles. The van der Waals surface area contributed by atoms with E-state index in [0.717, 1.165) is 4.31 Å². The zero-order chi connectivity index (χ0) is 13.8. The van der Waals surface area contributed by atoms with E-state index < -0.39 is 14.9 Å². The van der Waals surface area contributed by atoms with E-state index in [0.29, 0.717) is 12.0 Å². The minimum absolute atomic E-state index is 0.0134. The van der Waals surface area contributed by atoms with Crippen LogP contribution in [0.15, 0.2) is 24.3 Å². The molecule has 0 atom stereocenters. The predicted molar refractivity (Wildman–Crippen MR) is 68.6 cm³/mol. The topological polar surface area (TPSA) is 80.5 Å². The van der Waals surface area contributed by atoms with E-state index in [2.05, 4.69) is 0 Å². The molecule has 7 heteroatoms. The van der Waals surface area contributed by atoms with Crippen LogP contribution in [0.2, 0.25) is 0 Å². The second-order valence-corrected chi connectivity index (χ2v) is 6.15. The van der Waals surface area contributed by atoms with Crippen LogP contribution in [0.25, 0.3) is 0 Å². The Bertz CT molecular complexity index is 528. The predicted octanol–water partition coefficient (Wildman–Crippen LogP) is 1.77. The van der Waals surface area contributed by atoms with Crippen molar-refractivity contribution in [2.75, 3.05) is 12.8 Å². The fourth-order valence-corrected chi connectivity index (χ4v) is 2.74. The molecule has 6 nitrogen and oxygen atoms in total. The van der Waals surface area contributed by atoms with Crippen LogP contribution in [-0.4, -0.2) is 30.4 Å². The fourth-order valence-electron chi connectivity index (χ4n) is 1.57.